The second kappa shape index (κ2) is 7.22. The third-order valence-electron chi connectivity index (χ3n) is 3.74. The molecule has 0 bridgehead atoms. The highest BCUT2D eigenvalue weighted by Crippen LogP contribution is 2.20. The van der Waals surface area contributed by atoms with Crippen LogP contribution in [-0.2, 0) is 11.2 Å². The molecule has 1 fully saturated rings. The van der Waals surface area contributed by atoms with Gasteiger partial charge in [-0.15, -0.1) is 0 Å². The van der Waals surface area contributed by atoms with Crippen molar-refractivity contribution in [2.75, 3.05) is 13.7 Å². The van der Waals surface area contributed by atoms with Crippen molar-refractivity contribution in [2.24, 2.45) is 0 Å². The number of ether oxygens (including phenoxy) is 1. The Hall–Kier alpha value is -0.640. The molecule has 1 aromatic carbocycles. The van der Waals surface area contributed by atoms with Gasteiger partial charge in [-0.25, -0.2) is 4.39 Å². The van der Waals surface area contributed by atoms with Gasteiger partial charge in [0.2, 0.25) is 0 Å². The van der Waals surface area contributed by atoms with Crippen LogP contribution < -0.4 is 5.32 Å². The zero-order valence-electron chi connectivity index (χ0n) is 11.3. The van der Waals surface area contributed by atoms with Crippen molar-refractivity contribution in [1.82, 2.24) is 5.32 Å². The zero-order chi connectivity index (χ0) is 13.7. The third-order valence-corrected chi connectivity index (χ3v) is 4.03. The molecule has 19 heavy (non-hydrogen) atoms. The standard InChI is InChI=1S/C15H21ClFNO/c1-18-12(5-6-13-3-2-8-19-13)9-11-4-7-15(17)14(16)10-11/h4,7,10,12-13,18H,2-3,5-6,8-9H2,1H3. The third kappa shape index (κ3) is 4.44. The minimum atomic E-state index is -0.356. The van der Waals surface area contributed by atoms with Crippen LogP contribution in [0.2, 0.25) is 5.02 Å². The summed E-state index contributed by atoms with van der Waals surface area (Å²) < 4.78 is 18.7. The van der Waals surface area contributed by atoms with Crippen LogP contribution in [0.4, 0.5) is 4.39 Å². The fourth-order valence-electron chi connectivity index (χ4n) is 2.56. The molecule has 1 aliphatic heterocycles. The number of rotatable bonds is 6. The van der Waals surface area contributed by atoms with Crippen molar-refractivity contribution in [3.05, 3.63) is 34.6 Å². The van der Waals surface area contributed by atoms with Crippen molar-refractivity contribution in [3.8, 4) is 0 Å². The molecule has 2 nitrogen and oxygen atoms in total. The molecular formula is C15H21ClFNO. The normalized spacial score (nSPS) is 20.7. The predicted molar refractivity (Wildman–Crippen MR) is 76.2 cm³/mol. The van der Waals surface area contributed by atoms with Crippen LogP contribution >= 0.6 is 11.6 Å². The molecule has 0 aliphatic carbocycles. The fraction of sp³-hybridized carbons (Fsp3) is 0.600. The highest BCUT2D eigenvalue weighted by atomic mass is 35.5. The summed E-state index contributed by atoms with van der Waals surface area (Å²) in [5.74, 6) is -0.356. The molecule has 0 radical (unpaired) electrons. The van der Waals surface area contributed by atoms with Crippen molar-refractivity contribution in [2.45, 2.75) is 44.2 Å². The Morgan fingerprint density at radius 1 is 1.53 bits per heavy atom. The molecule has 1 N–H and O–H groups in total. The maximum Gasteiger partial charge on any atom is 0.141 e. The molecule has 106 valence electrons. The molecule has 2 unspecified atom stereocenters. The summed E-state index contributed by atoms with van der Waals surface area (Å²) in [6.45, 7) is 0.905. The van der Waals surface area contributed by atoms with Gasteiger partial charge in [0.25, 0.3) is 0 Å². The monoisotopic (exact) mass is 285 g/mol. The SMILES string of the molecule is CNC(CCC1CCCO1)Cc1ccc(F)c(Cl)c1. The Labute approximate surface area is 119 Å². The lowest BCUT2D eigenvalue weighted by Gasteiger charge is -2.18. The van der Waals surface area contributed by atoms with Crippen LogP contribution in [0, 0.1) is 5.82 Å². The highest BCUT2D eigenvalue weighted by molar-refractivity contribution is 6.30. The Morgan fingerprint density at radius 2 is 2.37 bits per heavy atom. The van der Waals surface area contributed by atoms with E-state index in [0.717, 1.165) is 31.4 Å². The first-order valence-electron chi connectivity index (χ1n) is 6.92. The summed E-state index contributed by atoms with van der Waals surface area (Å²) in [7, 11) is 1.96. The number of halogens is 2. The largest absolute Gasteiger partial charge is 0.378 e. The van der Waals surface area contributed by atoms with E-state index in [-0.39, 0.29) is 10.8 Å². The van der Waals surface area contributed by atoms with Gasteiger partial charge in [0.15, 0.2) is 0 Å². The van der Waals surface area contributed by atoms with E-state index in [4.69, 9.17) is 16.3 Å². The molecule has 0 aromatic heterocycles. The molecular weight excluding hydrogens is 265 g/mol. The summed E-state index contributed by atoms with van der Waals surface area (Å²) in [5.41, 5.74) is 1.07. The van der Waals surface area contributed by atoms with Crippen molar-refractivity contribution < 1.29 is 9.13 Å². The lowest BCUT2D eigenvalue weighted by molar-refractivity contribution is 0.0998. The number of nitrogens with one attached hydrogen (secondary N) is 1. The average Bonchev–Trinajstić information content (AvgIpc) is 2.92. The van der Waals surface area contributed by atoms with Crippen LogP contribution in [-0.4, -0.2) is 25.8 Å². The van der Waals surface area contributed by atoms with E-state index in [1.54, 1.807) is 12.1 Å². The Balaban J connectivity index is 1.85. The van der Waals surface area contributed by atoms with Crippen molar-refractivity contribution in [3.63, 3.8) is 0 Å². The summed E-state index contributed by atoms with van der Waals surface area (Å²) in [5, 5.41) is 3.52. The number of hydrogen-bond donors (Lipinski definition) is 1. The van der Waals surface area contributed by atoms with Crippen LogP contribution in [0.15, 0.2) is 18.2 Å². The van der Waals surface area contributed by atoms with E-state index < -0.39 is 0 Å². The maximum atomic E-state index is 13.1. The first kappa shape index (κ1) is 14.8. The molecule has 0 amide bonds. The highest BCUT2D eigenvalue weighted by Gasteiger charge is 2.17. The molecule has 0 saturated carbocycles. The molecule has 1 saturated heterocycles. The number of likely N-dealkylation sites (N-methyl/N-ethyl adjacent to an activating group) is 1. The first-order valence-corrected chi connectivity index (χ1v) is 7.29. The van der Waals surface area contributed by atoms with Crippen LogP contribution in [0.25, 0.3) is 0 Å². The second-order valence-electron chi connectivity index (χ2n) is 5.15. The topological polar surface area (TPSA) is 21.3 Å². The second-order valence-corrected chi connectivity index (χ2v) is 5.56. The van der Waals surface area contributed by atoms with Gasteiger partial charge in [-0.05, 0) is 56.8 Å². The van der Waals surface area contributed by atoms with E-state index in [1.807, 2.05) is 7.05 Å². The minimum absolute atomic E-state index is 0.200. The molecule has 2 rings (SSSR count). The molecule has 1 aromatic rings. The summed E-state index contributed by atoms with van der Waals surface area (Å²) >= 11 is 5.81. The van der Waals surface area contributed by atoms with Gasteiger partial charge >= 0.3 is 0 Å². The maximum absolute atomic E-state index is 13.1. The first-order chi connectivity index (χ1) is 9.19. The smallest absolute Gasteiger partial charge is 0.141 e. The fourth-order valence-corrected chi connectivity index (χ4v) is 2.76. The zero-order valence-corrected chi connectivity index (χ0v) is 12.0. The Bertz CT molecular complexity index is 407. The van der Waals surface area contributed by atoms with E-state index >= 15 is 0 Å². The summed E-state index contributed by atoms with van der Waals surface area (Å²) in [6.07, 6.45) is 5.80. The quantitative estimate of drug-likeness (QED) is 0.863. The number of benzene rings is 1. The van der Waals surface area contributed by atoms with Crippen LogP contribution in [0.1, 0.15) is 31.2 Å². The van der Waals surface area contributed by atoms with E-state index in [2.05, 4.69) is 5.32 Å². The van der Waals surface area contributed by atoms with Gasteiger partial charge in [-0.1, -0.05) is 17.7 Å². The predicted octanol–water partition coefficient (Wildman–Crippen LogP) is 3.57. The molecule has 0 spiro atoms. The lowest BCUT2D eigenvalue weighted by Crippen LogP contribution is -2.28. The van der Waals surface area contributed by atoms with Gasteiger partial charge < -0.3 is 10.1 Å². The van der Waals surface area contributed by atoms with Gasteiger partial charge in [0.05, 0.1) is 11.1 Å². The van der Waals surface area contributed by atoms with E-state index in [9.17, 15) is 4.39 Å². The van der Waals surface area contributed by atoms with Crippen LogP contribution in [0.3, 0.4) is 0 Å². The van der Waals surface area contributed by atoms with Gasteiger partial charge in [-0.2, -0.15) is 0 Å². The molecule has 1 heterocycles. The molecule has 2 atom stereocenters. The Morgan fingerprint density at radius 3 is 3.00 bits per heavy atom. The summed E-state index contributed by atoms with van der Waals surface area (Å²) in [6, 6.07) is 5.33. The van der Waals surface area contributed by atoms with Crippen LogP contribution in [0.5, 0.6) is 0 Å². The molecule has 4 heteroatoms. The minimum Gasteiger partial charge on any atom is -0.378 e. The average molecular weight is 286 g/mol. The van der Waals surface area contributed by atoms with Crippen molar-refractivity contribution >= 4 is 11.6 Å². The molecule has 1 aliphatic rings. The summed E-state index contributed by atoms with van der Waals surface area (Å²) in [4.78, 5) is 0. The Kier molecular flexibility index (Phi) is 5.61. The van der Waals surface area contributed by atoms with E-state index in [1.165, 1.54) is 18.9 Å². The van der Waals surface area contributed by atoms with Crippen molar-refractivity contribution in [1.29, 1.82) is 0 Å². The van der Waals surface area contributed by atoms with Gasteiger partial charge in [0.1, 0.15) is 5.82 Å². The van der Waals surface area contributed by atoms with E-state index in [0.29, 0.717) is 12.1 Å². The van der Waals surface area contributed by atoms with Gasteiger partial charge in [0, 0.05) is 12.6 Å². The number of hydrogen-bond acceptors (Lipinski definition) is 2. The lowest BCUT2D eigenvalue weighted by atomic mass is 9.99. The van der Waals surface area contributed by atoms with Gasteiger partial charge in [-0.3, -0.25) is 0 Å².